The van der Waals surface area contributed by atoms with E-state index in [1.54, 1.807) is 36.1 Å². The highest BCUT2D eigenvalue weighted by Gasteiger charge is 2.43. The maximum atomic E-state index is 12.8. The number of benzene rings is 2. The number of hydrogen-bond acceptors (Lipinski definition) is 2. The number of rotatable bonds is 5. The Kier molecular flexibility index (Phi) is 5.88. The first-order valence-corrected chi connectivity index (χ1v) is 9.42. The fourth-order valence-electron chi connectivity index (χ4n) is 3.08. The Morgan fingerprint density at radius 1 is 1.19 bits per heavy atom. The zero-order valence-electron chi connectivity index (χ0n) is 14.9. The molecule has 6 heteroatoms. The van der Waals surface area contributed by atoms with Crippen LogP contribution in [0.3, 0.4) is 0 Å². The molecule has 1 saturated heterocycles. The molecule has 2 aromatic carbocycles. The molecule has 0 bridgehead atoms. The molecule has 27 heavy (non-hydrogen) atoms. The molecule has 3 rings (SSSR count). The van der Waals surface area contributed by atoms with E-state index in [2.05, 4.69) is 5.32 Å². The molecule has 2 amide bonds. The largest absolute Gasteiger partial charge is 0.338 e. The van der Waals surface area contributed by atoms with Gasteiger partial charge in [-0.1, -0.05) is 53.6 Å². The summed E-state index contributed by atoms with van der Waals surface area (Å²) in [7, 11) is 0. The van der Waals surface area contributed by atoms with E-state index < -0.39 is 5.54 Å². The third-order valence-corrected chi connectivity index (χ3v) is 5.07. The molecule has 140 valence electrons. The van der Waals surface area contributed by atoms with Crippen LogP contribution in [-0.2, 0) is 4.79 Å². The molecule has 1 unspecified atom stereocenters. The van der Waals surface area contributed by atoms with Gasteiger partial charge in [0.05, 0.1) is 0 Å². The number of hydrogen-bond donors (Lipinski definition) is 1. The summed E-state index contributed by atoms with van der Waals surface area (Å²) in [6.07, 6.45) is 4.41. The standard InChI is InChI=1S/C21H20Cl2N2O2/c1-21(24-19(26)16-7-3-9-18(23)14-16)10-12-25(20(21)27)11-4-6-15-5-2-8-17(22)13-15/h2-9,13-14H,10-12H2,1H3,(H,24,26)/b6-4+. The molecular formula is C21H20Cl2N2O2. The second-order valence-corrected chi connectivity index (χ2v) is 7.63. The van der Waals surface area contributed by atoms with Gasteiger partial charge < -0.3 is 10.2 Å². The average molecular weight is 403 g/mol. The summed E-state index contributed by atoms with van der Waals surface area (Å²) in [5.41, 5.74) is 0.505. The van der Waals surface area contributed by atoms with E-state index in [0.29, 0.717) is 35.1 Å². The highest BCUT2D eigenvalue weighted by molar-refractivity contribution is 6.31. The highest BCUT2D eigenvalue weighted by atomic mass is 35.5. The van der Waals surface area contributed by atoms with Gasteiger partial charge in [0, 0.05) is 28.7 Å². The Morgan fingerprint density at radius 3 is 2.59 bits per heavy atom. The monoisotopic (exact) mass is 402 g/mol. The number of nitrogens with zero attached hydrogens (tertiary/aromatic N) is 1. The Balaban J connectivity index is 1.62. The lowest BCUT2D eigenvalue weighted by atomic mass is 10.00. The summed E-state index contributed by atoms with van der Waals surface area (Å²) in [6.45, 7) is 2.83. The summed E-state index contributed by atoms with van der Waals surface area (Å²) in [6, 6.07) is 14.2. The van der Waals surface area contributed by atoms with Crippen LogP contribution in [0.25, 0.3) is 6.08 Å². The highest BCUT2D eigenvalue weighted by Crippen LogP contribution is 2.24. The summed E-state index contributed by atoms with van der Waals surface area (Å²) in [5.74, 6) is -0.390. The van der Waals surface area contributed by atoms with Crippen LogP contribution in [0.2, 0.25) is 10.0 Å². The fourth-order valence-corrected chi connectivity index (χ4v) is 3.47. The molecule has 1 aliphatic heterocycles. The molecule has 1 aliphatic rings. The Morgan fingerprint density at radius 2 is 1.89 bits per heavy atom. The quantitative estimate of drug-likeness (QED) is 0.803. The van der Waals surface area contributed by atoms with Crippen LogP contribution in [-0.4, -0.2) is 35.3 Å². The Hall–Kier alpha value is -2.30. The number of carbonyl (C=O) groups is 2. The van der Waals surface area contributed by atoms with E-state index in [1.807, 2.05) is 36.4 Å². The van der Waals surface area contributed by atoms with Crippen LogP contribution < -0.4 is 5.32 Å². The molecule has 1 atom stereocenters. The third-order valence-electron chi connectivity index (χ3n) is 4.60. The van der Waals surface area contributed by atoms with Crippen LogP contribution in [0.5, 0.6) is 0 Å². The van der Waals surface area contributed by atoms with Gasteiger partial charge in [0.1, 0.15) is 5.54 Å². The normalized spacial score (nSPS) is 19.7. The second kappa shape index (κ2) is 8.15. The van der Waals surface area contributed by atoms with Crippen LogP contribution in [0.15, 0.2) is 54.6 Å². The molecular weight excluding hydrogens is 383 g/mol. The average Bonchev–Trinajstić information content (AvgIpc) is 2.90. The fraction of sp³-hybridized carbons (Fsp3) is 0.238. The van der Waals surface area contributed by atoms with Crippen LogP contribution >= 0.6 is 23.2 Å². The zero-order chi connectivity index (χ0) is 19.4. The van der Waals surface area contributed by atoms with Gasteiger partial charge in [0.15, 0.2) is 0 Å². The minimum atomic E-state index is -0.913. The molecule has 0 radical (unpaired) electrons. The van der Waals surface area contributed by atoms with Crippen molar-refractivity contribution >= 4 is 41.1 Å². The molecule has 1 N–H and O–H groups in total. The topological polar surface area (TPSA) is 49.4 Å². The Labute approximate surface area is 168 Å². The molecule has 0 saturated carbocycles. The van der Waals surface area contributed by atoms with E-state index in [1.165, 1.54) is 0 Å². The minimum absolute atomic E-state index is 0.0892. The summed E-state index contributed by atoms with van der Waals surface area (Å²) < 4.78 is 0. The summed E-state index contributed by atoms with van der Waals surface area (Å²) in [5, 5.41) is 4.02. The van der Waals surface area contributed by atoms with E-state index >= 15 is 0 Å². The van der Waals surface area contributed by atoms with Crippen molar-refractivity contribution in [3.8, 4) is 0 Å². The van der Waals surface area contributed by atoms with Gasteiger partial charge in [-0.15, -0.1) is 0 Å². The lowest BCUT2D eigenvalue weighted by molar-refractivity contribution is -0.131. The lowest BCUT2D eigenvalue weighted by Gasteiger charge is -2.24. The van der Waals surface area contributed by atoms with Crippen molar-refractivity contribution in [2.45, 2.75) is 18.9 Å². The van der Waals surface area contributed by atoms with Crippen molar-refractivity contribution in [3.63, 3.8) is 0 Å². The van der Waals surface area contributed by atoms with Gasteiger partial charge in [0.25, 0.3) is 5.91 Å². The Bertz CT molecular complexity index is 897. The second-order valence-electron chi connectivity index (χ2n) is 6.76. The number of amides is 2. The van der Waals surface area contributed by atoms with E-state index in [9.17, 15) is 9.59 Å². The van der Waals surface area contributed by atoms with Crippen molar-refractivity contribution in [1.29, 1.82) is 0 Å². The van der Waals surface area contributed by atoms with Crippen LogP contribution in [0.1, 0.15) is 29.3 Å². The molecule has 2 aromatic rings. The molecule has 0 aliphatic carbocycles. The predicted octanol–water partition coefficient (Wildman–Crippen LogP) is 4.43. The molecule has 0 aromatic heterocycles. The number of carbonyl (C=O) groups excluding carboxylic acids is 2. The van der Waals surface area contributed by atoms with Gasteiger partial charge in [0.2, 0.25) is 5.91 Å². The smallest absolute Gasteiger partial charge is 0.252 e. The predicted molar refractivity (Wildman–Crippen MR) is 109 cm³/mol. The first-order chi connectivity index (χ1) is 12.9. The SMILES string of the molecule is CC1(NC(=O)c2cccc(Cl)c2)CCN(C/C=C/c2cccc(Cl)c2)C1=O. The van der Waals surface area contributed by atoms with E-state index in [4.69, 9.17) is 23.2 Å². The molecule has 0 spiro atoms. The minimum Gasteiger partial charge on any atom is -0.338 e. The van der Waals surface area contributed by atoms with Crippen molar-refractivity contribution in [3.05, 3.63) is 75.8 Å². The summed E-state index contributed by atoms with van der Waals surface area (Å²) in [4.78, 5) is 27.0. The van der Waals surface area contributed by atoms with Crippen molar-refractivity contribution in [2.24, 2.45) is 0 Å². The first-order valence-electron chi connectivity index (χ1n) is 8.67. The van der Waals surface area contributed by atoms with Crippen molar-refractivity contribution < 1.29 is 9.59 Å². The van der Waals surface area contributed by atoms with Gasteiger partial charge in [-0.3, -0.25) is 9.59 Å². The summed E-state index contributed by atoms with van der Waals surface area (Å²) >= 11 is 11.9. The van der Waals surface area contributed by atoms with Gasteiger partial charge in [-0.2, -0.15) is 0 Å². The van der Waals surface area contributed by atoms with E-state index in [0.717, 1.165) is 5.56 Å². The number of nitrogens with one attached hydrogen (secondary N) is 1. The maximum Gasteiger partial charge on any atom is 0.252 e. The third kappa shape index (κ3) is 4.71. The van der Waals surface area contributed by atoms with E-state index in [-0.39, 0.29) is 11.8 Å². The number of halogens is 2. The molecule has 1 fully saturated rings. The lowest BCUT2D eigenvalue weighted by Crippen LogP contribution is -2.51. The van der Waals surface area contributed by atoms with Crippen molar-refractivity contribution in [1.82, 2.24) is 10.2 Å². The van der Waals surface area contributed by atoms with Gasteiger partial charge in [-0.25, -0.2) is 0 Å². The van der Waals surface area contributed by atoms with Crippen LogP contribution in [0, 0.1) is 0 Å². The first kappa shape index (κ1) is 19.5. The molecule has 4 nitrogen and oxygen atoms in total. The van der Waals surface area contributed by atoms with Crippen molar-refractivity contribution in [2.75, 3.05) is 13.1 Å². The zero-order valence-corrected chi connectivity index (χ0v) is 16.4. The molecule has 1 heterocycles. The maximum absolute atomic E-state index is 12.8. The van der Waals surface area contributed by atoms with Gasteiger partial charge >= 0.3 is 0 Å². The number of likely N-dealkylation sites (tertiary alicyclic amines) is 1. The van der Waals surface area contributed by atoms with Crippen LogP contribution in [0.4, 0.5) is 0 Å². The van der Waals surface area contributed by atoms with Gasteiger partial charge in [-0.05, 0) is 49.2 Å².